The first-order valence-electron chi connectivity index (χ1n) is 6.69. The Balaban J connectivity index is 2.34. The van der Waals surface area contributed by atoms with Crippen LogP contribution in [0.5, 0.6) is 0 Å². The molecule has 1 unspecified atom stereocenters. The van der Waals surface area contributed by atoms with E-state index < -0.39 is 0 Å². The van der Waals surface area contributed by atoms with Crippen LogP contribution < -0.4 is 5.32 Å². The molecule has 1 atom stereocenters. The molecule has 0 aliphatic heterocycles. The number of benzene rings is 2. The molecule has 2 rings (SSSR count). The summed E-state index contributed by atoms with van der Waals surface area (Å²) in [5.74, 6) is -0.450. The number of halogens is 2. The average molecular weight is 275 g/mol. The van der Waals surface area contributed by atoms with E-state index in [0.29, 0.717) is 6.42 Å². The normalized spacial score (nSPS) is 12.4. The number of aryl methyl sites for hydroxylation is 2. The van der Waals surface area contributed by atoms with Gasteiger partial charge in [-0.15, -0.1) is 0 Å². The minimum atomic E-state index is -0.232. The zero-order valence-corrected chi connectivity index (χ0v) is 12.0. The maximum atomic E-state index is 13.4. The lowest BCUT2D eigenvalue weighted by atomic mass is 9.91. The highest BCUT2D eigenvalue weighted by atomic mass is 19.1. The molecule has 1 N–H and O–H groups in total. The molecular formula is C17H19F2N. The van der Waals surface area contributed by atoms with Crippen molar-refractivity contribution in [3.8, 4) is 0 Å². The summed E-state index contributed by atoms with van der Waals surface area (Å²) < 4.78 is 26.7. The molecule has 0 aliphatic carbocycles. The SMILES string of the molecule is CNC(Cc1cccc(F)c1)c1c(C)cc(F)cc1C. The fourth-order valence-electron chi connectivity index (χ4n) is 2.72. The molecule has 0 aromatic heterocycles. The Morgan fingerprint density at radius 1 is 1.00 bits per heavy atom. The van der Waals surface area contributed by atoms with E-state index in [4.69, 9.17) is 0 Å². The highest BCUT2D eigenvalue weighted by Gasteiger charge is 2.16. The largest absolute Gasteiger partial charge is 0.313 e. The van der Waals surface area contributed by atoms with Crippen LogP contribution in [0.2, 0.25) is 0 Å². The van der Waals surface area contributed by atoms with E-state index in [0.717, 1.165) is 22.3 Å². The second-order valence-corrected chi connectivity index (χ2v) is 5.13. The van der Waals surface area contributed by atoms with Gasteiger partial charge in [0.1, 0.15) is 11.6 Å². The zero-order chi connectivity index (χ0) is 14.7. The van der Waals surface area contributed by atoms with Gasteiger partial charge in [0.2, 0.25) is 0 Å². The molecule has 0 bridgehead atoms. The van der Waals surface area contributed by atoms with Crippen molar-refractivity contribution >= 4 is 0 Å². The van der Waals surface area contributed by atoms with Crippen molar-refractivity contribution in [2.24, 2.45) is 0 Å². The number of nitrogens with one attached hydrogen (secondary N) is 1. The fourth-order valence-corrected chi connectivity index (χ4v) is 2.72. The van der Waals surface area contributed by atoms with Crippen molar-refractivity contribution in [1.29, 1.82) is 0 Å². The topological polar surface area (TPSA) is 12.0 Å². The predicted octanol–water partition coefficient (Wildman–Crippen LogP) is 4.08. The molecule has 3 heteroatoms. The fraction of sp³-hybridized carbons (Fsp3) is 0.294. The monoisotopic (exact) mass is 275 g/mol. The number of hydrogen-bond acceptors (Lipinski definition) is 1. The van der Waals surface area contributed by atoms with Gasteiger partial charge in [0.05, 0.1) is 0 Å². The molecule has 0 saturated heterocycles. The summed E-state index contributed by atoms with van der Waals surface area (Å²) in [6.45, 7) is 3.81. The first-order valence-corrected chi connectivity index (χ1v) is 6.69. The van der Waals surface area contributed by atoms with Crippen LogP contribution in [0.15, 0.2) is 36.4 Å². The summed E-state index contributed by atoms with van der Waals surface area (Å²) in [5.41, 5.74) is 3.84. The Labute approximate surface area is 118 Å². The minimum Gasteiger partial charge on any atom is -0.313 e. The Bertz CT molecular complexity index is 585. The maximum absolute atomic E-state index is 13.4. The summed E-state index contributed by atoms with van der Waals surface area (Å²) in [6.07, 6.45) is 0.668. The van der Waals surface area contributed by atoms with Crippen LogP contribution in [0.3, 0.4) is 0 Å². The zero-order valence-electron chi connectivity index (χ0n) is 12.0. The quantitative estimate of drug-likeness (QED) is 0.886. The van der Waals surface area contributed by atoms with E-state index in [1.807, 2.05) is 27.0 Å². The average Bonchev–Trinajstić information content (AvgIpc) is 2.36. The molecule has 106 valence electrons. The van der Waals surface area contributed by atoms with Crippen LogP contribution in [-0.2, 0) is 6.42 Å². The van der Waals surface area contributed by atoms with Gasteiger partial charge in [-0.1, -0.05) is 12.1 Å². The highest BCUT2D eigenvalue weighted by molar-refractivity contribution is 5.38. The Kier molecular flexibility index (Phi) is 4.50. The Hall–Kier alpha value is -1.74. The van der Waals surface area contributed by atoms with E-state index in [1.165, 1.54) is 18.2 Å². The van der Waals surface area contributed by atoms with Gasteiger partial charge in [-0.05, 0) is 73.8 Å². The van der Waals surface area contributed by atoms with Gasteiger partial charge in [-0.2, -0.15) is 0 Å². The van der Waals surface area contributed by atoms with E-state index in [2.05, 4.69) is 5.32 Å². The first-order chi connectivity index (χ1) is 9.51. The summed E-state index contributed by atoms with van der Waals surface area (Å²) in [5, 5.41) is 3.24. The number of hydrogen-bond donors (Lipinski definition) is 1. The number of rotatable bonds is 4. The first kappa shape index (κ1) is 14.7. The molecule has 0 heterocycles. The van der Waals surface area contributed by atoms with E-state index in [-0.39, 0.29) is 17.7 Å². The van der Waals surface area contributed by atoms with Gasteiger partial charge in [-0.3, -0.25) is 0 Å². The highest BCUT2D eigenvalue weighted by Crippen LogP contribution is 2.26. The molecule has 0 radical (unpaired) electrons. The lowest BCUT2D eigenvalue weighted by Crippen LogP contribution is -2.21. The second kappa shape index (κ2) is 6.14. The third-order valence-corrected chi connectivity index (χ3v) is 3.58. The summed E-state index contributed by atoms with van der Waals surface area (Å²) in [4.78, 5) is 0. The van der Waals surface area contributed by atoms with Crippen LogP contribution in [-0.4, -0.2) is 7.05 Å². The van der Waals surface area contributed by atoms with Crippen molar-refractivity contribution in [2.45, 2.75) is 26.3 Å². The molecule has 0 amide bonds. The van der Waals surface area contributed by atoms with Gasteiger partial charge in [0, 0.05) is 6.04 Å². The summed E-state index contributed by atoms with van der Waals surface area (Å²) in [7, 11) is 1.87. The van der Waals surface area contributed by atoms with Crippen molar-refractivity contribution in [3.05, 3.63) is 70.3 Å². The Morgan fingerprint density at radius 2 is 1.65 bits per heavy atom. The number of likely N-dealkylation sites (N-methyl/N-ethyl adjacent to an activating group) is 1. The third-order valence-electron chi connectivity index (χ3n) is 3.58. The molecule has 0 saturated carbocycles. The van der Waals surface area contributed by atoms with Crippen molar-refractivity contribution in [1.82, 2.24) is 5.32 Å². The second-order valence-electron chi connectivity index (χ2n) is 5.13. The molecule has 1 nitrogen and oxygen atoms in total. The predicted molar refractivity (Wildman–Crippen MR) is 77.8 cm³/mol. The van der Waals surface area contributed by atoms with E-state index in [9.17, 15) is 8.78 Å². The van der Waals surface area contributed by atoms with Crippen molar-refractivity contribution < 1.29 is 8.78 Å². The van der Waals surface area contributed by atoms with Crippen LogP contribution in [0, 0.1) is 25.5 Å². The van der Waals surface area contributed by atoms with Crippen molar-refractivity contribution in [2.75, 3.05) is 7.05 Å². The lowest BCUT2D eigenvalue weighted by Gasteiger charge is -2.21. The standard InChI is InChI=1S/C17H19F2N/c1-11-7-15(19)8-12(2)17(11)16(20-3)10-13-5-4-6-14(18)9-13/h4-9,16,20H,10H2,1-3H3. The molecule has 2 aromatic carbocycles. The van der Waals surface area contributed by atoms with Crippen LogP contribution in [0.4, 0.5) is 8.78 Å². The molecule has 0 spiro atoms. The summed E-state index contributed by atoms with van der Waals surface area (Å²) in [6, 6.07) is 9.71. The molecule has 20 heavy (non-hydrogen) atoms. The molecule has 0 fully saturated rings. The smallest absolute Gasteiger partial charge is 0.123 e. The van der Waals surface area contributed by atoms with E-state index in [1.54, 1.807) is 12.1 Å². The van der Waals surface area contributed by atoms with Gasteiger partial charge in [0.25, 0.3) is 0 Å². The van der Waals surface area contributed by atoms with Gasteiger partial charge in [0.15, 0.2) is 0 Å². The molecular weight excluding hydrogens is 256 g/mol. The van der Waals surface area contributed by atoms with Crippen LogP contribution in [0.1, 0.15) is 28.3 Å². The lowest BCUT2D eigenvalue weighted by molar-refractivity contribution is 0.573. The third kappa shape index (κ3) is 3.23. The minimum absolute atomic E-state index is 0.0393. The van der Waals surface area contributed by atoms with Crippen LogP contribution in [0.25, 0.3) is 0 Å². The summed E-state index contributed by atoms with van der Waals surface area (Å²) >= 11 is 0. The van der Waals surface area contributed by atoms with Gasteiger partial charge < -0.3 is 5.32 Å². The molecule has 0 aliphatic rings. The van der Waals surface area contributed by atoms with Crippen molar-refractivity contribution in [3.63, 3.8) is 0 Å². The van der Waals surface area contributed by atoms with Gasteiger partial charge in [-0.25, -0.2) is 8.78 Å². The van der Waals surface area contributed by atoms with Gasteiger partial charge >= 0.3 is 0 Å². The molecule has 2 aromatic rings. The maximum Gasteiger partial charge on any atom is 0.123 e. The van der Waals surface area contributed by atoms with Crippen LogP contribution >= 0.6 is 0 Å². The van der Waals surface area contributed by atoms with E-state index >= 15 is 0 Å². The Morgan fingerprint density at radius 3 is 2.20 bits per heavy atom.